The van der Waals surface area contributed by atoms with E-state index in [1.807, 2.05) is 0 Å². The summed E-state index contributed by atoms with van der Waals surface area (Å²) in [6, 6.07) is 0. The van der Waals surface area contributed by atoms with E-state index in [1.54, 1.807) is 4.90 Å². The van der Waals surface area contributed by atoms with E-state index in [0.29, 0.717) is 19.4 Å². The second kappa shape index (κ2) is 5.84. The van der Waals surface area contributed by atoms with Crippen molar-refractivity contribution in [3.63, 3.8) is 0 Å². The van der Waals surface area contributed by atoms with Crippen LogP contribution in [0.5, 0.6) is 0 Å². The van der Waals surface area contributed by atoms with Gasteiger partial charge in [-0.05, 0) is 19.3 Å². The first-order valence-electron chi connectivity index (χ1n) is 6.49. The van der Waals surface area contributed by atoms with E-state index in [4.69, 9.17) is 0 Å². The van der Waals surface area contributed by atoms with Crippen molar-refractivity contribution in [2.75, 3.05) is 26.2 Å². The summed E-state index contributed by atoms with van der Waals surface area (Å²) in [6.07, 6.45) is 3.05. The van der Waals surface area contributed by atoms with Crippen molar-refractivity contribution in [2.24, 2.45) is 5.92 Å². The lowest BCUT2D eigenvalue weighted by molar-refractivity contribution is -0.134. The molecule has 2 fully saturated rings. The van der Waals surface area contributed by atoms with Gasteiger partial charge in [0, 0.05) is 26.1 Å². The Labute approximate surface area is 106 Å². The molecular weight excluding hydrogens is 234 g/mol. The molecule has 0 aromatic rings. The van der Waals surface area contributed by atoms with Crippen molar-refractivity contribution in [1.29, 1.82) is 0 Å². The third-order valence-corrected chi connectivity index (χ3v) is 3.51. The van der Waals surface area contributed by atoms with E-state index >= 15 is 0 Å². The van der Waals surface area contributed by atoms with Crippen LogP contribution in [-0.2, 0) is 14.4 Å². The van der Waals surface area contributed by atoms with Gasteiger partial charge in [-0.2, -0.15) is 0 Å². The number of nitrogens with zero attached hydrogens (tertiary/aromatic N) is 1. The third-order valence-electron chi connectivity index (χ3n) is 3.51. The minimum Gasteiger partial charge on any atom is -0.355 e. The molecule has 0 saturated carbocycles. The van der Waals surface area contributed by atoms with Crippen LogP contribution in [0.2, 0.25) is 0 Å². The summed E-state index contributed by atoms with van der Waals surface area (Å²) >= 11 is 0. The van der Waals surface area contributed by atoms with Crippen molar-refractivity contribution >= 4 is 17.7 Å². The quantitative estimate of drug-likeness (QED) is 0.694. The molecular formula is C12H19N3O3. The fourth-order valence-electron chi connectivity index (χ4n) is 2.34. The van der Waals surface area contributed by atoms with Crippen molar-refractivity contribution in [3.05, 3.63) is 0 Å². The highest BCUT2D eigenvalue weighted by Gasteiger charge is 2.25. The average molecular weight is 253 g/mol. The van der Waals surface area contributed by atoms with E-state index < -0.39 is 0 Å². The van der Waals surface area contributed by atoms with Gasteiger partial charge < -0.3 is 15.5 Å². The van der Waals surface area contributed by atoms with Crippen molar-refractivity contribution in [2.45, 2.75) is 25.7 Å². The standard InChI is InChI=1S/C12H19N3O3/c16-10-4-3-9(7-13-10)12(18)14-8-11(17)15-5-1-2-6-15/h9H,1-8H2,(H,13,16)(H,14,18). The topological polar surface area (TPSA) is 78.5 Å². The van der Waals surface area contributed by atoms with Gasteiger partial charge in [0.15, 0.2) is 0 Å². The molecule has 18 heavy (non-hydrogen) atoms. The first kappa shape index (κ1) is 12.9. The number of likely N-dealkylation sites (tertiary alicyclic amines) is 1. The van der Waals surface area contributed by atoms with Crippen molar-refractivity contribution < 1.29 is 14.4 Å². The maximum Gasteiger partial charge on any atom is 0.241 e. The molecule has 2 aliphatic heterocycles. The molecule has 0 aromatic carbocycles. The highest BCUT2D eigenvalue weighted by Crippen LogP contribution is 2.11. The van der Waals surface area contributed by atoms with Crippen LogP contribution < -0.4 is 10.6 Å². The van der Waals surface area contributed by atoms with Crippen LogP contribution in [0.15, 0.2) is 0 Å². The van der Waals surface area contributed by atoms with Crippen molar-refractivity contribution in [1.82, 2.24) is 15.5 Å². The number of nitrogens with one attached hydrogen (secondary N) is 2. The number of amides is 3. The molecule has 1 unspecified atom stereocenters. The van der Waals surface area contributed by atoms with Gasteiger partial charge in [0.05, 0.1) is 12.5 Å². The van der Waals surface area contributed by atoms with Crippen LogP contribution in [0.4, 0.5) is 0 Å². The Morgan fingerprint density at radius 2 is 2.06 bits per heavy atom. The smallest absolute Gasteiger partial charge is 0.241 e. The molecule has 100 valence electrons. The van der Waals surface area contributed by atoms with Crippen LogP contribution >= 0.6 is 0 Å². The molecule has 0 aliphatic carbocycles. The van der Waals surface area contributed by atoms with Gasteiger partial charge in [-0.3, -0.25) is 14.4 Å². The zero-order valence-corrected chi connectivity index (χ0v) is 10.4. The summed E-state index contributed by atoms with van der Waals surface area (Å²) in [5.41, 5.74) is 0. The molecule has 2 N–H and O–H groups in total. The summed E-state index contributed by atoms with van der Waals surface area (Å²) in [4.78, 5) is 36.3. The molecule has 0 aromatic heterocycles. The number of rotatable bonds is 3. The Balaban J connectivity index is 1.71. The lowest BCUT2D eigenvalue weighted by Crippen LogP contribution is -2.45. The Kier molecular flexibility index (Phi) is 4.17. The number of piperidine rings is 1. The summed E-state index contributed by atoms with van der Waals surface area (Å²) in [5.74, 6) is -0.357. The van der Waals surface area contributed by atoms with E-state index in [1.165, 1.54) is 0 Å². The zero-order chi connectivity index (χ0) is 13.0. The molecule has 2 saturated heterocycles. The summed E-state index contributed by atoms with van der Waals surface area (Å²) in [7, 11) is 0. The molecule has 6 heteroatoms. The first-order chi connectivity index (χ1) is 8.66. The predicted molar refractivity (Wildman–Crippen MR) is 64.6 cm³/mol. The lowest BCUT2D eigenvalue weighted by Gasteiger charge is -2.22. The van der Waals surface area contributed by atoms with Gasteiger partial charge in [0.25, 0.3) is 0 Å². The van der Waals surface area contributed by atoms with Gasteiger partial charge in [-0.1, -0.05) is 0 Å². The number of hydrogen-bond acceptors (Lipinski definition) is 3. The normalized spacial score (nSPS) is 23.7. The fraction of sp³-hybridized carbons (Fsp3) is 0.750. The molecule has 2 rings (SSSR count). The Morgan fingerprint density at radius 1 is 1.33 bits per heavy atom. The molecule has 1 atom stereocenters. The third kappa shape index (κ3) is 3.21. The summed E-state index contributed by atoms with van der Waals surface area (Å²) < 4.78 is 0. The Morgan fingerprint density at radius 3 is 2.67 bits per heavy atom. The van der Waals surface area contributed by atoms with Gasteiger partial charge in [-0.15, -0.1) is 0 Å². The van der Waals surface area contributed by atoms with Crippen LogP contribution in [0.25, 0.3) is 0 Å². The Hall–Kier alpha value is -1.59. The van der Waals surface area contributed by atoms with Crippen LogP contribution in [0.1, 0.15) is 25.7 Å². The minimum absolute atomic E-state index is 0.00723. The SMILES string of the molecule is O=C1CCC(C(=O)NCC(=O)N2CCCC2)CN1. The monoisotopic (exact) mass is 253 g/mol. The van der Waals surface area contributed by atoms with Crippen LogP contribution in [0, 0.1) is 5.92 Å². The second-order valence-electron chi connectivity index (χ2n) is 4.85. The molecule has 0 bridgehead atoms. The molecule has 0 radical (unpaired) electrons. The van der Waals surface area contributed by atoms with Crippen LogP contribution in [-0.4, -0.2) is 48.8 Å². The molecule has 6 nitrogen and oxygen atoms in total. The van der Waals surface area contributed by atoms with Gasteiger partial charge >= 0.3 is 0 Å². The highest BCUT2D eigenvalue weighted by atomic mass is 16.2. The molecule has 3 amide bonds. The molecule has 2 aliphatic rings. The largest absolute Gasteiger partial charge is 0.355 e. The van der Waals surface area contributed by atoms with Crippen LogP contribution in [0.3, 0.4) is 0 Å². The number of carbonyl (C=O) groups is 3. The van der Waals surface area contributed by atoms with E-state index in [2.05, 4.69) is 10.6 Å². The zero-order valence-electron chi connectivity index (χ0n) is 10.4. The van der Waals surface area contributed by atoms with Gasteiger partial charge in [-0.25, -0.2) is 0 Å². The van der Waals surface area contributed by atoms with Crippen molar-refractivity contribution in [3.8, 4) is 0 Å². The molecule has 2 heterocycles. The highest BCUT2D eigenvalue weighted by molar-refractivity contribution is 5.87. The van der Waals surface area contributed by atoms with E-state index in [-0.39, 0.29) is 30.2 Å². The number of carbonyl (C=O) groups excluding carboxylic acids is 3. The van der Waals surface area contributed by atoms with Gasteiger partial charge in [0.1, 0.15) is 0 Å². The van der Waals surface area contributed by atoms with E-state index in [9.17, 15) is 14.4 Å². The van der Waals surface area contributed by atoms with Gasteiger partial charge in [0.2, 0.25) is 17.7 Å². The molecule has 0 spiro atoms. The number of hydrogen-bond donors (Lipinski definition) is 2. The minimum atomic E-state index is -0.200. The lowest BCUT2D eigenvalue weighted by atomic mass is 9.98. The fourth-order valence-corrected chi connectivity index (χ4v) is 2.34. The first-order valence-corrected chi connectivity index (χ1v) is 6.49. The summed E-state index contributed by atoms with van der Waals surface area (Å²) in [5, 5.41) is 5.32. The van der Waals surface area contributed by atoms with E-state index in [0.717, 1.165) is 25.9 Å². The average Bonchev–Trinajstić information content (AvgIpc) is 2.90. The summed E-state index contributed by atoms with van der Waals surface area (Å²) in [6.45, 7) is 2.05. The predicted octanol–water partition coefficient (Wildman–Crippen LogP) is -0.749. The Bertz CT molecular complexity index is 340. The maximum atomic E-state index is 11.8. The maximum absolute atomic E-state index is 11.8. The second-order valence-corrected chi connectivity index (χ2v) is 4.85.